The average Bonchev–Trinajstić information content (AvgIpc) is 2.03. The molecule has 1 aromatic carbocycles. The van der Waals surface area contributed by atoms with Crippen molar-refractivity contribution in [1.82, 2.24) is 0 Å². The molecule has 0 aliphatic rings. The van der Waals surface area contributed by atoms with Crippen molar-refractivity contribution in [3.8, 4) is 5.75 Å². The van der Waals surface area contributed by atoms with Gasteiger partial charge in [-0.3, -0.25) is 0 Å². The Morgan fingerprint density at radius 3 is 2.69 bits per heavy atom. The summed E-state index contributed by atoms with van der Waals surface area (Å²) in [5.74, 6) is 0.515. The second kappa shape index (κ2) is 3.83. The number of hydrogen-bond acceptors (Lipinski definition) is 3. The van der Waals surface area contributed by atoms with Crippen LogP contribution in [0.5, 0.6) is 5.75 Å². The monoisotopic (exact) mass is 204 g/mol. The predicted octanol–water partition coefficient (Wildman–Crippen LogP) is 1.83. The van der Waals surface area contributed by atoms with Gasteiger partial charge < -0.3 is 0 Å². The third-order valence-corrected chi connectivity index (χ3v) is 2.40. The van der Waals surface area contributed by atoms with E-state index in [2.05, 4.69) is 6.58 Å². The molecule has 0 heterocycles. The third kappa shape index (κ3) is 3.11. The van der Waals surface area contributed by atoms with Crippen LogP contribution in [0, 0.1) is 5.82 Å². The second-order valence-electron chi connectivity index (χ2n) is 2.42. The number of hydrogen-bond donors (Lipinski definition) is 2. The van der Waals surface area contributed by atoms with Crippen molar-refractivity contribution < 1.29 is 18.7 Å². The molecule has 5 heteroatoms. The fraction of sp³-hybridized carbons (Fsp3) is 0. The van der Waals surface area contributed by atoms with Crippen molar-refractivity contribution in [3.63, 3.8) is 0 Å². The molecule has 0 spiro atoms. The van der Waals surface area contributed by atoms with Gasteiger partial charge in [-0.1, -0.05) is 0 Å². The van der Waals surface area contributed by atoms with Gasteiger partial charge in [0.05, 0.1) is 0 Å². The van der Waals surface area contributed by atoms with E-state index >= 15 is 0 Å². The van der Waals surface area contributed by atoms with Crippen LogP contribution in [0.2, 0.25) is 0 Å². The molecular weight excluding hydrogens is 194 g/mol. The Kier molecular flexibility index (Phi) is 2.98. The second-order valence-corrected chi connectivity index (χ2v) is 4.35. The van der Waals surface area contributed by atoms with E-state index in [-0.39, 0.29) is 5.75 Å². The molecule has 0 aromatic heterocycles. The maximum atomic E-state index is 12.6. The molecule has 3 nitrogen and oxygen atoms in total. The molecule has 0 bridgehead atoms. The summed E-state index contributed by atoms with van der Waals surface area (Å²) in [6.45, 7) is 3.19. The van der Waals surface area contributed by atoms with Crippen molar-refractivity contribution in [2.24, 2.45) is 0 Å². The molecular formula is C8H10FO3P. The van der Waals surface area contributed by atoms with E-state index in [0.717, 1.165) is 11.9 Å². The number of rotatable bonds is 3. The molecule has 0 saturated carbocycles. The van der Waals surface area contributed by atoms with Crippen molar-refractivity contribution >= 4 is 7.94 Å². The van der Waals surface area contributed by atoms with E-state index in [4.69, 9.17) is 14.3 Å². The van der Waals surface area contributed by atoms with Gasteiger partial charge in [0.25, 0.3) is 0 Å². The Balaban J connectivity index is 2.80. The minimum absolute atomic E-state index is 0.0802. The fourth-order valence-electron chi connectivity index (χ4n) is 0.746. The molecule has 0 aliphatic carbocycles. The molecule has 2 N–H and O–H groups in total. The van der Waals surface area contributed by atoms with Gasteiger partial charge in [0.1, 0.15) is 0 Å². The van der Waals surface area contributed by atoms with Gasteiger partial charge in [0.15, 0.2) is 0 Å². The van der Waals surface area contributed by atoms with Crippen LogP contribution in [-0.2, 0) is 0 Å². The first kappa shape index (κ1) is 10.1. The Labute approximate surface area is 75.7 Å². The molecule has 0 aliphatic heterocycles. The van der Waals surface area contributed by atoms with Crippen molar-refractivity contribution in [3.05, 3.63) is 42.5 Å². The molecule has 72 valence electrons. The average molecular weight is 204 g/mol. The Hall–Kier alpha value is -0.960. The molecule has 1 aromatic rings. The van der Waals surface area contributed by atoms with Gasteiger partial charge in [0, 0.05) is 0 Å². The molecule has 1 rings (SSSR count). The summed E-state index contributed by atoms with van der Waals surface area (Å²) >= 11 is 0. The molecule has 13 heavy (non-hydrogen) atoms. The summed E-state index contributed by atoms with van der Waals surface area (Å²) in [4.78, 5) is 18.2. The van der Waals surface area contributed by atoms with Gasteiger partial charge in [-0.25, -0.2) is 0 Å². The molecule has 0 radical (unpaired) electrons. The van der Waals surface area contributed by atoms with E-state index in [1.807, 2.05) is 0 Å². The van der Waals surface area contributed by atoms with E-state index in [1.54, 1.807) is 0 Å². The zero-order valence-corrected chi connectivity index (χ0v) is 7.77. The predicted molar refractivity (Wildman–Crippen MR) is 50.0 cm³/mol. The number of halogens is 1. The molecule has 0 saturated heterocycles. The fourth-order valence-corrected chi connectivity index (χ4v) is 1.30. The standard InChI is InChI=1S/C8H10FO3P/c1-2-13(10,11)12-8-5-3-4-7(9)6-8/h2-6,10-11,13H,1H2. The van der Waals surface area contributed by atoms with Crippen LogP contribution in [0.1, 0.15) is 0 Å². The van der Waals surface area contributed by atoms with E-state index in [1.165, 1.54) is 18.2 Å². The van der Waals surface area contributed by atoms with Crippen LogP contribution in [0.4, 0.5) is 4.39 Å². The molecule has 0 unspecified atom stereocenters. The van der Waals surface area contributed by atoms with Crippen LogP contribution < -0.4 is 4.52 Å². The molecule has 0 atom stereocenters. The zero-order valence-electron chi connectivity index (χ0n) is 6.77. The topological polar surface area (TPSA) is 49.7 Å². The summed E-state index contributed by atoms with van der Waals surface area (Å²) in [7, 11) is -3.84. The Morgan fingerprint density at radius 1 is 1.46 bits per heavy atom. The van der Waals surface area contributed by atoms with Crippen molar-refractivity contribution in [2.75, 3.05) is 0 Å². The first-order valence-electron chi connectivity index (χ1n) is 3.56. The quantitative estimate of drug-likeness (QED) is 0.738. The molecule has 0 fully saturated rings. The minimum atomic E-state index is -3.84. The van der Waals surface area contributed by atoms with Gasteiger partial charge in [0.2, 0.25) is 0 Å². The Bertz CT molecular complexity index is 314. The zero-order chi connectivity index (χ0) is 9.90. The first-order chi connectivity index (χ1) is 6.03. The van der Waals surface area contributed by atoms with Crippen molar-refractivity contribution in [2.45, 2.75) is 0 Å². The van der Waals surface area contributed by atoms with E-state index in [0.29, 0.717) is 0 Å². The summed E-state index contributed by atoms with van der Waals surface area (Å²) in [6.07, 6.45) is 0. The number of benzene rings is 1. The van der Waals surface area contributed by atoms with Gasteiger partial charge in [-0.2, -0.15) is 0 Å². The third-order valence-electron chi connectivity index (χ3n) is 1.33. The summed E-state index contributed by atoms with van der Waals surface area (Å²) in [5, 5.41) is 0. The van der Waals surface area contributed by atoms with E-state index in [9.17, 15) is 4.39 Å². The van der Waals surface area contributed by atoms with Crippen LogP contribution in [0.3, 0.4) is 0 Å². The Morgan fingerprint density at radius 2 is 2.15 bits per heavy atom. The van der Waals surface area contributed by atoms with Crippen LogP contribution in [0.15, 0.2) is 36.7 Å². The van der Waals surface area contributed by atoms with E-state index < -0.39 is 13.8 Å². The normalized spacial score (nSPS) is 12.2. The maximum absolute atomic E-state index is 12.6. The summed E-state index contributed by atoms with van der Waals surface area (Å²) in [5.41, 5.74) is 0. The van der Waals surface area contributed by atoms with Crippen LogP contribution >= 0.6 is 7.94 Å². The summed E-state index contributed by atoms with van der Waals surface area (Å²) < 4.78 is 17.3. The van der Waals surface area contributed by atoms with Gasteiger partial charge in [-0.15, -0.1) is 0 Å². The summed E-state index contributed by atoms with van der Waals surface area (Å²) in [6, 6.07) is 5.15. The van der Waals surface area contributed by atoms with Gasteiger partial charge >= 0.3 is 74.9 Å². The van der Waals surface area contributed by atoms with Crippen LogP contribution in [0.25, 0.3) is 0 Å². The first-order valence-corrected chi connectivity index (χ1v) is 5.44. The van der Waals surface area contributed by atoms with Crippen LogP contribution in [-0.4, -0.2) is 9.79 Å². The SMILES string of the molecule is C=C[PH](O)(O)Oc1cccc(F)c1. The van der Waals surface area contributed by atoms with Crippen molar-refractivity contribution in [1.29, 1.82) is 0 Å². The van der Waals surface area contributed by atoms with Gasteiger partial charge in [-0.05, 0) is 0 Å². The molecule has 0 amide bonds.